The van der Waals surface area contributed by atoms with E-state index >= 15 is 0 Å². The predicted molar refractivity (Wildman–Crippen MR) is 170 cm³/mol. The second-order valence-electron chi connectivity index (χ2n) is 11.8. The monoisotopic (exact) mass is 606 g/mol. The standard InChI is InChI=1S/C19H23FO3.C16H20N2O3/c1-5-19(2,3)13-22-16-10-11-18(17(20)12-16)23-15-8-6-14(21-4)7-9-15;1-10(2)21-15-8-13-12(7-14(15)20-3)16(19)18-6-4-5-11(18)9-17-13/h6-12H,5,13H2,1-4H3;7-11H,4-6H2,1-3H3. The van der Waals surface area contributed by atoms with Crippen molar-refractivity contribution >= 4 is 17.8 Å². The van der Waals surface area contributed by atoms with Gasteiger partial charge in [0.2, 0.25) is 0 Å². The first-order chi connectivity index (χ1) is 21.0. The minimum Gasteiger partial charge on any atom is -0.497 e. The van der Waals surface area contributed by atoms with Crippen molar-refractivity contribution < 1.29 is 32.9 Å². The van der Waals surface area contributed by atoms with Gasteiger partial charge in [0.15, 0.2) is 23.1 Å². The Hall–Kier alpha value is -4.27. The lowest BCUT2D eigenvalue weighted by molar-refractivity contribution is 0.0774. The molecule has 8 nitrogen and oxygen atoms in total. The highest BCUT2D eigenvalue weighted by Crippen LogP contribution is 2.38. The molecule has 3 aromatic rings. The van der Waals surface area contributed by atoms with Gasteiger partial charge in [0.25, 0.3) is 5.91 Å². The van der Waals surface area contributed by atoms with Crippen LogP contribution in [-0.2, 0) is 0 Å². The third kappa shape index (κ3) is 8.21. The predicted octanol–water partition coefficient (Wildman–Crippen LogP) is 8.24. The molecule has 0 spiro atoms. The summed E-state index contributed by atoms with van der Waals surface area (Å²) in [6, 6.07) is 15.3. The molecule has 1 unspecified atom stereocenters. The molecule has 3 aromatic carbocycles. The minimum atomic E-state index is -0.451. The zero-order valence-corrected chi connectivity index (χ0v) is 26.7. The third-order valence-corrected chi connectivity index (χ3v) is 7.60. The van der Waals surface area contributed by atoms with Crippen LogP contribution in [0.5, 0.6) is 34.5 Å². The average molecular weight is 607 g/mol. The highest BCUT2D eigenvalue weighted by atomic mass is 19.1. The van der Waals surface area contributed by atoms with E-state index in [1.165, 1.54) is 6.07 Å². The van der Waals surface area contributed by atoms with E-state index in [4.69, 9.17) is 23.7 Å². The zero-order valence-electron chi connectivity index (χ0n) is 26.7. The lowest BCUT2D eigenvalue weighted by atomic mass is 9.92. The van der Waals surface area contributed by atoms with Crippen LogP contribution < -0.4 is 23.7 Å². The normalized spacial score (nSPS) is 15.5. The number of hydrogen-bond donors (Lipinski definition) is 0. The van der Waals surface area contributed by atoms with E-state index in [-0.39, 0.29) is 29.2 Å². The summed E-state index contributed by atoms with van der Waals surface area (Å²) in [4.78, 5) is 19.1. The van der Waals surface area contributed by atoms with Crippen LogP contribution in [-0.4, -0.2) is 56.5 Å². The molecule has 236 valence electrons. The molecule has 0 radical (unpaired) electrons. The maximum atomic E-state index is 14.2. The number of aliphatic imine (C=N–C) groups is 1. The molecule has 44 heavy (non-hydrogen) atoms. The van der Waals surface area contributed by atoms with E-state index in [0.29, 0.717) is 40.9 Å². The maximum absolute atomic E-state index is 14.2. The van der Waals surface area contributed by atoms with Gasteiger partial charge < -0.3 is 28.6 Å². The molecule has 2 heterocycles. The van der Waals surface area contributed by atoms with Gasteiger partial charge in [-0.25, -0.2) is 4.39 Å². The van der Waals surface area contributed by atoms with Crippen molar-refractivity contribution in [3.63, 3.8) is 0 Å². The van der Waals surface area contributed by atoms with Crippen molar-refractivity contribution in [2.24, 2.45) is 10.4 Å². The van der Waals surface area contributed by atoms with E-state index in [2.05, 4.69) is 25.8 Å². The topological polar surface area (TPSA) is 78.8 Å². The molecule has 9 heteroatoms. The maximum Gasteiger partial charge on any atom is 0.256 e. The first kappa shape index (κ1) is 32.6. The lowest BCUT2D eigenvalue weighted by Gasteiger charge is -2.22. The molecule has 1 fully saturated rings. The molecule has 1 amide bonds. The average Bonchev–Trinajstić information content (AvgIpc) is 3.44. The number of ether oxygens (including phenoxy) is 5. The summed E-state index contributed by atoms with van der Waals surface area (Å²) in [5.74, 6) is 2.71. The number of benzene rings is 3. The smallest absolute Gasteiger partial charge is 0.256 e. The summed E-state index contributed by atoms with van der Waals surface area (Å²) in [5.41, 5.74) is 1.31. The molecule has 1 saturated heterocycles. The summed E-state index contributed by atoms with van der Waals surface area (Å²) < 4.78 is 41.6. The SMILES string of the molecule is CCC(C)(C)COc1ccc(Oc2ccc(OC)cc2)c(F)c1.COc1cc2c(cc1OC(C)C)N=CC1CCCN1C2=O. The minimum absolute atomic E-state index is 0.0272. The largest absolute Gasteiger partial charge is 0.497 e. The number of fused-ring (bicyclic) bond motifs is 2. The van der Waals surface area contributed by atoms with Crippen molar-refractivity contribution in [1.29, 1.82) is 0 Å². The van der Waals surface area contributed by atoms with Crippen LogP contribution in [0.3, 0.4) is 0 Å². The Bertz CT molecular complexity index is 1450. The Morgan fingerprint density at radius 3 is 2.30 bits per heavy atom. The Morgan fingerprint density at radius 1 is 0.955 bits per heavy atom. The van der Waals surface area contributed by atoms with E-state index in [0.717, 1.165) is 31.6 Å². The van der Waals surface area contributed by atoms with Crippen molar-refractivity contribution in [3.8, 4) is 34.5 Å². The lowest BCUT2D eigenvalue weighted by Crippen LogP contribution is -2.35. The molecular formula is C35H43FN2O6. The molecule has 5 rings (SSSR count). The van der Waals surface area contributed by atoms with Gasteiger partial charge in [-0.2, -0.15) is 0 Å². The molecule has 2 aliphatic rings. The fraction of sp³-hybridized carbons (Fsp3) is 0.429. The van der Waals surface area contributed by atoms with Crippen LogP contribution >= 0.6 is 0 Å². The number of nitrogens with zero attached hydrogens (tertiary/aromatic N) is 2. The summed E-state index contributed by atoms with van der Waals surface area (Å²) in [7, 11) is 3.17. The van der Waals surface area contributed by atoms with Crippen molar-refractivity contribution in [2.45, 2.75) is 66.0 Å². The Balaban J connectivity index is 0.000000201. The number of methoxy groups -OCH3 is 2. The second kappa shape index (κ2) is 14.5. The van der Waals surface area contributed by atoms with Crippen LogP contribution in [0.2, 0.25) is 0 Å². The van der Waals surface area contributed by atoms with Gasteiger partial charge in [-0.15, -0.1) is 0 Å². The van der Waals surface area contributed by atoms with Crippen LogP contribution in [0.15, 0.2) is 59.6 Å². The van der Waals surface area contributed by atoms with Crippen LogP contribution in [0, 0.1) is 11.2 Å². The summed E-state index contributed by atoms with van der Waals surface area (Å²) >= 11 is 0. The third-order valence-electron chi connectivity index (χ3n) is 7.60. The molecule has 1 atom stereocenters. The van der Waals surface area contributed by atoms with Crippen LogP contribution in [0.25, 0.3) is 0 Å². The van der Waals surface area contributed by atoms with Gasteiger partial charge in [-0.3, -0.25) is 9.79 Å². The molecule has 0 bridgehead atoms. The highest BCUT2D eigenvalue weighted by molar-refractivity contribution is 6.03. The van der Waals surface area contributed by atoms with Crippen LogP contribution in [0.1, 0.15) is 64.2 Å². The van der Waals surface area contributed by atoms with Crippen LogP contribution in [0.4, 0.5) is 10.1 Å². The van der Waals surface area contributed by atoms with Gasteiger partial charge in [0.05, 0.1) is 44.2 Å². The van der Waals surface area contributed by atoms with E-state index in [1.54, 1.807) is 62.8 Å². The number of hydrogen-bond acceptors (Lipinski definition) is 7. The number of rotatable bonds is 10. The van der Waals surface area contributed by atoms with Gasteiger partial charge in [-0.05, 0) is 81.0 Å². The number of halogens is 1. The first-order valence-electron chi connectivity index (χ1n) is 15.0. The van der Waals surface area contributed by atoms with E-state index < -0.39 is 5.82 Å². The fourth-order valence-electron chi connectivity index (χ4n) is 4.66. The van der Waals surface area contributed by atoms with E-state index in [1.807, 2.05) is 25.0 Å². The van der Waals surface area contributed by atoms with Gasteiger partial charge in [0.1, 0.15) is 17.2 Å². The molecule has 2 aliphatic heterocycles. The Kier molecular flexibility index (Phi) is 10.7. The number of carbonyl (C=O) groups excluding carboxylic acids is 1. The summed E-state index contributed by atoms with van der Waals surface area (Å²) in [6.07, 6.45) is 4.92. The molecular weight excluding hydrogens is 563 g/mol. The van der Waals surface area contributed by atoms with E-state index in [9.17, 15) is 9.18 Å². The summed E-state index contributed by atoms with van der Waals surface area (Å²) in [6.45, 7) is 11.6. The van der Waals surface area contributed by atoms with Gasteiger partial charge in [0, 0.05) is 24.9 Å². The van der Waals surface area contributed by atoms with Gasteiger partial charge >= 0.3 is 0 Å². The Morgan fingerprint density at radius 2 is 1.66 bits per heavy atom. The van der Waals surface area contributed by atoms with Crippen molar-refractivity contribution in [2.75, 3.05) is 27.4 Å². The fourth-order valence-corrected chi connectivity index (χ4v) is 4.66. The molecule has 0 saturated carbocycles. The number of amides is 1. The number of carbonyl (C=O) groups is 1. The Labute approximate surface area is 259 Å². The molecule has 0 aromatic heterocycles. The van der Waals surface area contributed by atoms with Gasteiger partial charge in [-0.1, -0.05) is 20.8 Å². The molecule has 0 aliphatic carbocycles. The van der Waals surface area contributed by atoms with Crippen molar-refractivity contribution in [3.05, 3.63) is 66.0 Å². The zero-order chi connectivity index (χ0) is 31.9. The second-order valence-corrected chi connectivity index (χ2v) is 11.8. The quantitative estimate of drug-likeness (QED) is 0.231. The highest BCUT2D eigenvalue weighted by Gasteiger charge is 2.32. The van der Waals surface area contributed by atoms with Crippen molar-refractivity contribution in [1.82, 2.24) is 4.90 Å². The summed E-state index contributed by atoms with van der Waals surface area (Å²) in [5, 5.41) is 0. The molecule has 0 N–H and O–H groups in total. The first-order valence-corrected chi connectivity index (χ1v) is 15.0.